The van der Waals surface area contributed by atoms with Crippen molar-refractivity contribution in [3.05, 3.63) is 100 Å². The SMILES string of the molecule is Cc1ccc(C)c(N(CCCC(=O)N(Cc2ccc(Cl)cc2)C(Cc2ccccc2)C(=O)NC2CCCC2)S(C)(=O)=O)c1. The van der Waals surface area contributed by atoms with E-state index < -0.39 is 16.1 Å². The molecule has 1 unspecified atom stereocenters. The molecule has 0 spiro atoms. The Labute approximate surface area is 261 Å². The zero-order valence-electron chi connectivity index (χ0n) is 25.3. The first-order valence-corrected chi connectivity index (χ1v) is 17.2. The number of anilines is 1. The minimum atomic E-state index is -3.58. The number of carbonyl (C=O) groups excluding carboxylic acids is 2. The molecule has 0 bridgehead atoms. The standard InChI is InChI=1S/C34H42ClN3O4S/c1-25-15-16-26(2)31(22-25)38(43(3,41)42)21-9-14-33(39)37(24-28-17-19-29(35)20-18-28)32(23-27-10-5-4-6-11-27)34(40)36-30-12-7-8-13-30/h4-6,10-11,15-20,22,30,32H,7-9,12-14,21,23-24H2,1-3H3,(H,36,40). The van der Waals surface area contributed by atoms with Crippen LogP contribution >= 0.6 is 11.6 Å². The second-order valence-electron chi connectivity index (χ2n) is 11.6. The van der Waals surface area contributed by atoms with Crippen LogP contribution < -0.4 is 9.62 Å². The molecule has 0 saturated heterocycles. The summed E-state index contributed by atoms with van der Waals surface area (Å²) in [5.41, 5.74) is 4.24. The molecular weight excluding hydrogens is 582 g/mol. The first-order chi connectivity index (χ1) is 20.5. The third-order valence-corrected chi connectivity index (χ3v) is 9.46. The van der Waals surface area contributed by atoms with Gasteiger partial charge in [0.2, 0.25) is 21.8 Å². The fourth-order valence-corrected chi connectivity index (χ4v) is 6.82. The first-order valence-electron chi connectivity index (χ1n) is 14.9. The summed E-state index contributed by atoms with van der Waals surface area (Å²) in [6, 6.07) is 22.1. The molecule has 230 valence electrons. The molecule has 43 heavy (non-hydrogen) atoms. The predicted molar refractivity (Wildman–Crippen MR) is 174 cm³/mol. The molecule has 9 heteroatoms. The fourth-order valence-electron chi connectivity index (χ4n) is 5.68. The molecular formula is C34H42ClN3O4S. The molecule has 0 aromatic heterocycles. The quantitative estimate of drug-likeness (QED) is 0.246. The lowest BCUT2D eigenvalue weighted by atomic mass is 10.0. The van der Waals surface area contributed by atoms with E-state index in [2.05, 4.69) is 5.32 Å². The Kier molecular flexibility index (Phi) is 11.3. The molecule has 3 aromatic rings. The summed E-state index contributed by atoms with van der Waals surface area (Å²) in [6.45, 7) is 4.19. The fraction of sp³-hybridized carbons (Fsp3) is 0.412. The summed E-state index contributed by atoms with van der Waals surface area (Å²) in [5.74, 6) is -0.363. The van der Waals surface area contributed by atoms with Gasteiger partial charge >= 0.3 is 0 Å². The summed E-state index contributed by atoms with van der Waals surface area (Å²) in [6.07, 6.45) is 6.00. The van der Waals surface area contributed by atoms with E-state index in [-0.39, 0.29) is 37.4 Å². The maximum Gasteiger partial charge on any atom is 0.243 e. The molecule has 0 radical (unpaired) electrons. The molecule has 0 heterocycles. The van der Waals surface area contributed by atoms with Crippen molar-refractivity contribution in [1.82, 2.24) is 10.2 Å². The number of amides is 2. The highest BCUT2D eigenvalue weighted by atomic mass is 35.5. The van der Waals surface area contributed by atoms with Gasteiger partial charge in [-0.3, -0.25) is 13.9 Å². The van der Waals surface area contributed by atoms with Gasteiger partial charge in [-0.25, -0.2) is 8.42 Å². The minimum Gasteiger partial charge on any atom is -0.352 e. The average Bonchev–Trinajstić information content (AvgIpc) is 3.48. The van der Waals surface area contributed by atoms with Crippen LogP contribution in [0.3, 0.4) is 0 Å². The summed E-state index contributed by atoms with van der Waals surface area (Å²) in [4.78, 5) is 29.5. The molecule has 1 fully saturated rings. The van der Waals surface area contributed by atoms with Crippen LogP contribution in [0.4, 0.5) is 5.69 Å². The van der Waals surface area contributed by atoms with Gasteiger partial charge in [-0.05, 0) is 73.6 Å². The second kappa shape index (κ2) is 14.9. The Morgan fingerprint density at radius 1 is 0.953 bits per heavy atom. The van der Waals surface area contributed by atoms with Gasteiger partial charge in [0.15, 0.2) is 0 Å². The van der Waals surface area contributed by atoms with Gasteiger partial charge in [0, 0.05) is 37.0 Å². The Balaban J connectivity index is 1.59. The molecule has 3 aromatic carbocycles. The van der Waals surface area contributed by atoms with E-state index in [0.717, 1.165) is 47.9 Å². The van der Waals surface area contributed by atoms with Crippen LogP contribution in [0, 0.1) is 13.8 Å². The molecule has 1 atom stereocenters. The monoisotopic (exact) mass is 623 g/mol. The van der Waals surface area contributed by atoms with E-state index in [1.54, 1.807) is 17.0 Å². The molecule has 1 N–H and O–H groups in total. The second-order valence-corrected chi connectivity index (χ2v) is 13.9. The lowest BCUT2D eigenvalue weighted by molar-refractivity contribution is -0.141. The summed E-state index contributed by atoms with van der Waals surface area (Å²) in [5, 5.41) is 3.81. The van der Waals surface area contributed by atoms with Crippen LogP contribution in [-0.4, -0.2) is 50.0 Å². The number of nitrogens with one attached hydrogen (secondary N) is 1. The van der Waals surface area contributed by atoms with Crippen LogP contribution in [0.5, 0.6) is 0 Å². The first kappa shape index (κ1) is 32.6. The highest BCUT2D eigenvalue weighted by Gasteiger charge is 2.32. The largest absolute Gasteiger partial charge is 0.352 e. The average molecular weight is 624 g/mol. The molecule has 1 aliphatic carbocycles. The van der Waals surface area contributed by atoms with E-state index in [1.165, 1.54) is 10.6 Å². The number of sulfonamides is 1. The number of nitrogens with zero attached hydrogens (tertiary/aromatic N) is 2. The van der Waals surface area contributed by atoms with Crippen LogP contribution in [-0.2, 0) is 32.6 Å². The molecule has 2 amide bonds. The zero-order valence-corrected chi connectivity index (χ0v) is 26.8. The van der Waals surface area contributed by atoms with Crippen molar-refractivity contribution in [3.63, 3.8) is 0 Å². The van der Waals surface area contributed by atoms with Gasteiger partial charge in [0.25, 0.3) is 0 Å². The topological polar surface area (TPSA) is 86.8 Å². The normalized spacial score (nSPS) is 14.3. The zero-order chi connectivity index (χ0) is 31.0. The number of carbonyl (C=O) groups is 2. The Morgan fingerprint density at radius 2 is 1.63 bits per heavy atom. The van der Waals surface area contributed by atoms with E-state index >= 15 is 0 Å². The van der Waals surface area contributed by atoms with Crippen molar-refractivity contribution in [2.75, 3.05) is 17.1 Å². The van der Waals surface area contributed by atoms with Crippen LogP contribution in [0.1, 0.15) is 60.8 Å². The Morgan fingerprint density at radius 3 is 2.28 bits per heavy atom. The van der Waals surface area contributed by atoms with E-state index in [0.29, 0.717) is 23.6 Å². The maximum atomic E-state index is 14.0. The summed E-state index contributed by atoms with van der Waals surface area (Å²) >= 11 is 6.13. The van der Waals surface area contributed by atoms with Crippen LogP contribution in [0.25, 0.3) is 0 Å². The van der Waals surface area contributed by atoms with Gasteiger partial charge in [-0.2, -0.15) is 0 Å². The molecule has 4 rings (SSSR count). The van der Waals surface area contributed by atoms with Crippen molar-refractivity contribution in [1.29, 1.82) is 0 Å². The number of aryl methyl sites for hydroxylation is 2. The van der Waals surface area contributed by atoms with Crippen LogP contribution in [0.15, 0.2) is 72.8 Å². The van der Waals surface area contributed by atoms with Gasteiger partial charge in [0.05, 0.1) is 11.9 Å². The van der Waals surface area contributed by atoms with Crippen molar-refractivity contribution >= 4 is 39.1 Å². The molecule has 7 nitrogen and oxygen atoms in total. The number of benzene rings is 3. The lowest BCUT2D eigenvalue weighted by Crippen LogP contribution is -2.52. The highest BCUT2D eigenvalue weighted by molar-refractivity contribution is 7.92. The van der Waals surface area contributed by atoms with Gasteiger partial charge in [0.1, 0.15) is 6.04 Å². The number of hydrogen-bond donors (Lipinski definition) is 1. The van der Waals surface area contributed by atoms with Crippen LogP contribution in [0.2, 0.25) is 5.02 Å². The van der Waals surface area contributed by atoms with Gasteiger partial charge in [-0.1, -0.05) is 79.0 Å². The number of hydrogen-bond acceptors (Lipinski definition) is 4. The van der Waals surface area contributed by atoms with Crippen molar-refractivity contribution in [2.45, 2.75) is 77.4 Å². The highest BCUT2D eigenvalue weighted by Crippen LogP contribution is 2.25. The summed E-state index contributed by atoms with van der Waals surface area (Å²) in [7, 11) is -3.58. The Hall–Kier alpha value is -3.36. The van der Waals surface area contributed by atoms with Gasteiger partial charge < -0.3 is 10.2 Å². The maximum absolute atomic E-state index is 14.0. The van der Waals surface area contributed by atoms with Crippen molar-refractivity contribution in [2.24, 2.45) is 0 Å². The van der Waals surface area contributed by atoms with Gasteiger partial charge in [-0.15, -0.1) is 0 Å². The van der Waals surface area contributed by atoms with E-state index in [1.807, 2.05) is 74.5 Å². The summed E-state index contributed by atoms with van der Waals surface area (Å²) < 4.78 is 27.0. The number of halogens is 1. The Bertz CT molecular complexity index is 1490. The predicted octanol–water partition coefficient (Wildman–Crippen LogP) is 6.20. The molecule has 1 aliphatic rings. The smallest absolute Gasteiger partial charge is 0.243 e. The third-order valence-electron chi connectivity index (χ3n) is 8.02. The van der Waals surface area contributed by atoms with E-state index in [4.69, 9.17) is 11.6 Å². The molecule has 1 saturated carbocycles. The molecule has 0 aliphatic heterocycles. The number of rotatable bonds is 13. The minimum absolute atomic E-state index is 0.0898. The van der Waals surface area contributed by atoms with Crippen molar-refractivity contribution in [3.8, 4) is 0 Å². The van der Waals surface area contributed by atoms with Crippen molar-refractivity contribution < 1.29 is 18.0 Å². The lowest BCUT2D eigenvalue weighted by Gasteiger charge is -2.33. The third kappa shape index (κ3) is 9.31. The van der Waals surface area contributed by atoms with E-state index in [9.17, 15) is 18.0 Å².